The maximum absolute atomic E-state index is 12.5. The number of rotatable bonds is 6. The Morgan fingerprint density at radius 2 is 1.95 bits per heavy atom. The van der Waals surface area contributed by atoms with Gasteiger partial charge in [-0.25, -0.2) is 0 Å². The Kier molecular flexibility index (Phi) is 5.90. The number of methoxy groups -OCH3 is 1. The number of ether oxygens (including phenoxy) is 2. The summed E-state index contributed by atoms with van der Waals surface area (Å²) < 4.78 is 11.1. The van der Waals surface area contributed by atoms with Crippen LogP contribution in [0.4, 0.5) is 0 Å². The summed E-state index contributed by atoms with van der Waals surface area (Å²) in [4.78, 5) is 14.4. The van der Waals surface area contributed by atoms with Gasteiger partial charge in [0.25, 0.3) is 5.91 Å². The van der Waals surface area contributed by atoms with Gasteiger partial charge in [-0.1, -0.05) is 13.3 Å². The van der Waals surface area contributed by atoms with Crippen LogP contribution in [0.25, 0.3) is 0 Å². The average Bonchev–Trinajstić information content (AvgIpc) is 2.55. The molecule has 1 saturated heterocycles. The first-order valence-electron chi connectivity index (χ1n) is 7.86. The van der Waals surface area contributed by atoms with Crippen molar-refractivity contribution in [1.82, 2.24) is 4.90 Å². The summed E-state index contributed by atoms with van der Waals surface area (Å²) in [6.07, 6.45) is 5.52. The van der Waals surface area contributed by atoms with E-state index in [1.54, 1.807) is 13.2 Å². The molecule has 0 bridgehead atoms. The molecule has 0 radical (unpaired) electrons. The van der Waals surface area contributed by atoms with Crippen LogP contribution in [0.15, 0.2) is 18.2 Å². The molecule has 0 spiro atoms. The summed E-state index contributed by atoms with van der Waals surface area (Å²) in [6.45, 7) is 4.51. The molecule has 21 heavy (non-hydrogen) atoms. The van der Waals surface area contributed by atoms with Crippen LogP contribution in [-0.4, -0.2) is 37.6 Å². The lowest BCUT2D eigenvalue weighted by Crippen LogP contribution is -2.35. The summed E-state index contributed by atoms with van der Waals surface area (Å²) in [6, 6.07) is 5.46. The normalized spacial score (nSPS) is 14.9. The van der Waals surface area contributed by atoms with Crippen molar-refractivity contribution in [2.75, 3.05) is 26.8 Å². The predicted octanol–water partition coefficient (Wildman–Crippen LogP) is 3.50. The highest BCUT2D eigenvalue weighted by molar-refractivity contribution is 5.95. The second kappa shape index (κ2) is 7.91. The summed E-state index contributed by atoms with van der Waals surface area (Å²) >= 11 is 0. The van der Waals surface area contributed by atoms with Gasteiger partial charge in [-0.15, -0.1) is 0 Å². The molecule has 1 aliphatic rings. The van der Waals surface area contributed by atoms with Crippen molar-refractivity contribution in [3.8, 4) is 11.5 Å². The zero-order valence-corrected chi connectivity index (χ0v) is 13.1. The van der Waals surface area contributed by atoms with Crippen molar-refractivity contribution >= 4 is 5.91 Å². The fraction of sp³-hybridized carbons (Fsp3) is 0.588. The van der Waals surface area contributed by atoms with Crippen molar-refractivity contribution in [2.45, 2.75) is 39.0 Å². The first kappa shape index (κ1) is 15.7. The van der Waals surface area contributed by atoms with Crippen molar-refractivity contribution in [3.63, 3.8) is 0 Å². The van der Waals surface area contributed by atoms with Gasteiger partial charge in [0.1, 0.15) is 0 Å². The van der Waals surface area contributed by atoms with Gasteiger partial charge in [-0.3, -0.25) is 4.79 Å². The Labute approximate surface area is 127 Å². The number of hydrogen-bond donors (Lipinski definition) is 0. The molecule has 1 fully saturated rings. The van der Waals surface area contributed by atoms with Gasteiger partial charge in [0, 0.05) is 18.7 Å². The monoisotopic (exact) mass is 291 g/mol. The summed E-state index contributed by atoms with van der Waals surface area (Å²) in [7, 11) is 1.61. The molecule has 1 amide bonds. The first-order valence-corrected chi connectivity index (χ1v) is 7.86. The molecule has 1 heterocycles. The number of unbranched alkanes of at least 4 members (excludes halogenated alkanes) is 1. The van der Waals surface area contributed by atoms with E-state index in [0.717, 1.165) is 38.8 Å². The van der Waals surface area contributed by atoms with E-state index in [2.05, 4.69) is 6.92 Å². The van der Waals surface area contributed by atoms with Crippen LogP contribution in [0, 0.1) is 0 Å². The molecule has 0 saturated carbocycles. The Hall–Kier alpha value is -1.71. The fourth-order valence-electron chi connectivity index (χ4n) is 2.53. The lowest BCUT2D eigenvalue weighted by molar-refractivity contribution is 0.0724. The smallest absolute Gasteiger partial charge is 0.253 e. The van der Waals surface area contributed by atoms with Gasteiger partial charge in [-0.05, 0) is 43.9 Å². The van der Waals surface area contributed by atoms with E-state index in [4.69, 9.17) is 9.47 Å². The Balaban J connectivity index is 2.08. The zero-order valence-electron chi connectivity index (χ0n) is 13.1. The number of piperidine rings is 1. The number of benzene rings is 1. The van der Waals surface area contributed by atoms with Crippen molar-refractivity contribution in [3.05, 3.63) is 23.8 Å². The quantitative estimate of drug-likeness (QED) is 0.753. The number of carbonyl (C=O) groups is 1. The van der Waals surface area contributed by atoms with Gasteiger partial charge in [-0.2, -0.15) is 0 Å². The second-order valence-electron chi connectivity index (χ2n) is 5.42. The van der Waals surface area contributed by atoms with Crippen LogP contribution in [0.5, 0.6) is 11.5 Å². The molecule has 0 aromatic heterocycles. The predicted molar refractivity (Wildman–Crippen MR) is 83.2 cm³/mol. The Morgan fingerprint density at radius 3 is 2.62 bits per heavy atom. The zero-order chi connectivity index (χ0) is 15.1. The van der Waals surface area contributed by atoms with E-state index in [0.29, 0.717) is 23.7 Å². The van der Waals surface area contributed by atoms with Crippen LogP contribution in [0.1, 0.15) is 49.4 Å². The minimum atomic E-state index is 0.0908. The molecule has 0 atom stereocenters. The molecule has 1 aromatic carbocycles. The van der Waals surface area contributed by atoms with Crippen LogP contribution < -0.4 is 9.47 Å². The van der Waals surface area contributed by atoms with Crippen molar-refractivity contribution < 1.29 is 14.3 Å². The number of nitrogens with zero attached hydrogens (tertiary/aromatic N) is 1. The molecule has 0 aliphatic carbocycles. The Bertz CT molecular complexity index is 467. The second-order valence-corrected chi connectivity index (χ2v) is 5.42. The lowest BCUT2D eigenvalue weighted by Gasteiger charge is -2.27. The number of carbonyl (C=O) groups excluding carboxylic acids is 1. The van der Waals surface area contributed by atoms with Crippen molar-refractivity contribution in [1.29, 1.82) is 0 Å². The molecule has 116 valence electrons. The summed E-state index contributed by atoms with van der Waals surface area (Å²) in [5, 5.41) is 0. The highest BCUT2D eigenvalue weighted by Crippen LogP contribution is 2.29. The molecular formula is C17H25NO3. The lowest BCUT2D eigenvalue weighted by atomic mass is 10.1. The summed E-state index contributed by atoms with van der Waals surface area (Å²) in [5.74, 6) is 1.43. The minimum Gasteiger partial charge on any atom is -0.493 e. The maximum atomic E-state index is 12.5. The van der Waals surface area contributed by atoms with Crippen molar-refractivity contribution in [2.24, 2.45) is 0 Å². The highest BCUT2D eigenvalue weighted by atomic mass is 16.5. The van der Waals surface area contributed by atoms with Crippen LogP contribution in [-0.2, 0) is 0 Å². The first-order chi connectivity index (χ1) is 10.3. The standard InChI is InChI=1S/C17H25NO3/c1-3-4-12-21-15-9-8-14(13-16(15)20-2)17(19)18-10-6-5-7-11-18/h8-9,13H,3-7,10-12H2,1-2H3. The summed E-state index contributed by atoms with van der Waals surface area (Å²) in [5.41, 5.74) is 0.677. The van der Waals surface area contributed by atoms with E-state index in [-0.39, 0.29) is 5.91 Å². The Morgan fingerprint density at radius 1 is 1.19 bits per heavy atom. The van der Waals surface area contributed by atoms with Gasteiger partial charge >= 0.3 is 0 Å². The van der Waals surface area contributed by atoms with Crippen LogP contribution >= 0.6 is 0 Å². The molecule has 0 N–H and O–H groups in total. The van der Waals surface area contributed by atoms with Gasteiger partial charge in [0.15, 0.2) is 11.5 Å². The third kappa shape index (κ3) is 4.13. The SMILES string of the molecule is CCCCOc1ccc(C(=O)N2CCCCC2)cc1OC. The largest absolute Gasteiger partial charge is 0.493 e. The molecule has 4 heteroatoms. The highest BCUT2D eigenvalue weighted by Gasteiger charge is 2.19. The van der Waals surface area contributed by atoms with E-state index in [9.17, 15) is 4.79 Å². The number of hydrogen-bond acceptors (Lipinski definition) is 3. The minimum absolute atomic E-state index is 0.0908. The average molecular weight is 291 g/mol. The van der Waals surface area contributed by atoms with E-state index >= 15 is 0 Å². The van der Waals surface area contributed by atoms with E-state index in [1.165, 1.54) is 6.42 Å². The molecule has 0 unspecified atom stereocenters. The maximum Gasteiger partial charge on any atom is 0.253 e. The fourth-order valence-corrected chi connectivity index (χ4v) is 2.53. The number of amides is 1. The third-order valence-corrected chi connectivity index (χ3v) is 3.81. The molecule has 1 aromatic rings. The van der Waals surface area contributed by atoms with Crippen LogP contribution in [0.3, 0.4) is 0 Å². The van der Waals surface area contributed by atoms with Gasteiger partial charge < -0.3 is 14.4 Å². The topological polar surface area (TPSA) is 38.8 Å². The van der Waals surface area contributed by atoms with Gasteiger partial charge in [0.05, 0.1) is 13.7 Å². The van der Waals surface area contributed by atoms with Crippen LogP contribution in [0.2, 0.25) is 0 Å². The molecule has 2 rings (SSSR count). The third-order valence-electron chi connectivity index (χ3n) is 3.81. The van der Waals surface area contributed by atoms with E-state index < -0.39 is 0 Å². The van der Waals surface area contributed by atoms with Gasteiger partial charge in [0.2, 0.25) is 0 Å². The molecule has 4 nitrogen and oxygen atoms in total. The number of likely N-dealkylation sites (tertiary alicyclic amines) is 1. The van der Waals surface area contributed by atoms with E-state index in [1.807, 2.05) is 17.0 Å². The molecule has 1 aliphatic heterocycles. The molecular weight excluding hydrogens is 266 g/mol.